The lowest BCUT2D eigenvalue weighted by atomic mass is 10.2. The lowest BCUT2D eigenvalue weighted by molar-refractivity contribution is -0.118. The second-order valence-electron chi connectivity index (χ2n) is 6.20. The molecule has 146 valence electrons. The van der Waals surface area contributed by atoms with E-state index in [1.807, 2.05) is 19.9 Å². The van der Waals surface area contributed by atoms with E-state index in [0.717, 1.165) is 5.56 Å². The molecule has 0 aliphatic heterocycles. The molecule has 2 N–H and O–H groups in total. The van der Waals surface area contributed by atoms with Crippen LogP contribution in [0.15, 0.2) is 47.4 Å². The minimum absolute atomic E-state index is 0.147. The number of amides is 1. The van der Waals surface area contributed by atoms with Gasteiger partial charge in [-0.05, 0) is 62.2 Å². The van der Waals surface area contributed by atoms with Gasteiger partial charge >= 0.3 is 0 Å². The maximum absolute atomic E-state index is 12.2. The first-order valence-electron chi connectivity index (χ1n) is 8.52. The molecule has 0 unspecified atom stereocenters. The molecule has 0 aliphatic rings. The van der Waals surface area contributed by atoms with Crippen LogP contribution in [-0.4, -0.2) is 27.0 Å². The van der Waals surface area contributed by atoms with Gasteiger partial charge in [-0.2, -0.15) is 0 Å². The van der Waals surface area contributed by atoms with Crippen molar-refractivity contribution in [2.24, 2.45) is 0 Å². The number of ether oxygens (including phenoxy) is 1. The fourth-order valence-electron chi connectivity index (χ4n) is 2.20. The van der Waals surface area contributed by atoms with E-state index in [1.54, 1.807) is 19.1 Å². The van der Waals surface area contributed by atoms with Gasteiger partial charge in [-0.1, -0.05) is 24.6 Å². The Kier molecular flexibility index (Phi) is 7.24. The van der Waals surface area contributed by atoms with Gasteiger partial charge in [-0.3, -0.25) is 4.79 Å². The van der Waals surface area contributed by atoms with Gasteiger partial charge in [0.2, 0.25) is 10.0 Å². The summed E-state index contributed by atoms with van der Waals surface area (Å²) in [5.41, 5.74) is 1.50. The van der Waals surface area contributed by atoms with Gasteiger partial charge in [0.05, 0.1) is 4.90 Å². The Morgan fingerprint density at radius 3 is 2.48 bits per heavy atom. The molecule has 8 heteroatoms. The van der Waals surface area contributed by atoms with Crippen LogP contribution in [0.1, 0.15) is 25.8 Å². The van der Waals surface area contributed by atoms with Crippen LogP contribution in [0.25, 0.3) is 0 Å². The summed E-state index contributed by atoms with van der Waals surface area (Å²) in [7, 11) is -3.57. The van der Waals surface area contributed by atoms with Gasteiger partial charge < -0.3 is 10.1 Å². The molecule has 1 amide bonds. The number of hydrogen-bond donors (Lipinski definition) is 2. The molecular formula is C19H23ClN2O4S. The zero-order valence-electron chi connectivity index (χ0n) is 15.5. The Morgan fingerprint density at radius 1 is 1.19 bits per heavy atom. The quantitative estimate of drug-likeness (QED) is 0.694. The number of carbonyl (C=O) groups excluding carboxylic acids is 1. The maximum atomic E-state index is 12.2. The summed E-state index contributed by atoms with van der Waals surface area (Å²) in [5, 5.41) is 3.26. The molecule has 0 spiro atoms. The molecule has 1 atom stereocenters. The van der Waals surface area contributed by atoms with Crippen molar-refractivity contribution in [3.8, 4) is 5.75 Å². The van der Waals surface area contributed by atoms with Gasteiger partial charge in [0, 0.05) is 16.8 Å². The molecule has 0 saturated carbocycles. The van der Waals surface area contributed by atoms with Gasteiger partial charge in [-0.15, -0.1) is 0 Å². The first-order chi connectivity index (χ1) is 12.7. The Bertz CT molecular complexity index is 898. The molecule has 2 aromatic rings. The Labute approximate surface area is 164 Å². The third kappa shape index (κ3) is 6.23. The molecule has 2 rings (SSSR count). The monoisotopic (exact) mass is 410 g/mol. The largest absolute Gasteiger partial charge is 0.484 e. The first kappa shape index (κ1) is 21.2. The van der Waals surface area contributed by atoms with Crippen LogP contribution in [0.3, 0.4) is 0 Å². The fraction of sp³-hybridized carbons (Fsp3) is 0.316. The third-order valence-electron chi connectivity index (χ3n) is 3.95. The van der Waals surface area contributed by atoms with E-state index >= 15 is 0 Å². The summed E-state index contributed by atoms with van der Waals surface area (Å²) < 4.78 is 32.4. The van der Waals surface area contributed by atoms with Crippen molar-refractivity contribution in [3.63, 3.8) is 0 Å². The van der Waals surface area contributed by atoms with Crippen LogP contribution in [0, 0.1) is 6.92 Å². The van der Waals surface area contributed by atoms with E-state index in [1.165, 1.54) is 24.3 Å². The zero-order valence-corrected chi connectivity index (χ0v) is 17.0. The van der Waals surface area contributed by atoms with Crippen molar-refractivity contribution in [2.75, 3.05) is 11.9 Å². The van der Waals surface area contributed by atoms with Crippen molar-refractivity contribution >= 4 is 33.2 Å². The van der Waals surface area contributed by atoms with Crippen molar-refractivity contribution in [3.05, 3.63) is 53.1 Å². The minimum atomic E-state index is -3.57. The van der Waals surface area contributed by atoms with Crippen molar-refractivity contribution in [2.45, 2.75) is 38.1 Å². The molecule has 0 radical (unpaired) electrons. The van der Waals surface area contributed by atoms with E-state index in [-0.39, 0.29) is 23.5 Å². The highest BCUT2D eigenvalue weighted by Gasteiger charge is 2.16. The van der Waals surface area contributed by atoms with Gasteiger partial charge in [0.25, 0.3) is 5.91 Å². The zero-order chi connectivity index (χ0) is 20.0. The van der Waals surface area contributed by atoms with Crippen LogP contribution >= 0.6 is 11.6 Å². The Morgan fingerprint density at radius 2 is 1.85 bits per heavy atom. The number of hydrogen-bond acceptors (Lipinski definition) is 4. The second-order valence-corrected chi connectivity index (χ2v) is 8.35. The highest BCUT2D eigenvalue weighted by Crippen LogP contribution is 2.20. The smallest absolute Gasteiger partial charge is 0.262 e. The Balaban J connectivity index is 1.95. The number of aryl methyl sites for hydroxylation is 1. The molecular weight excluding hydrogens is 388 g/mol. The van der Waals surface area contributed by atoms with Gasteiger partial charge in [-0.25, -0.2) is 13.1 Å². The molecule has 0 aromatic heterocycles. The molecule has 0 heterocycles. The Hall–Kier alpha value is -2.09. The summed E-state index contributed by atoms with van der Waals surface area (Å²) in [5.74, 6) is 0.0611. The lowest BCUT2D eigenvalue weighted by Crippen LogP contribution is -2.31. The third-order valence-corrected chi connectivity index (χ3v) is 5.79. The molecule has 27 heavy (non-hydrogen) atoms. The second kappa shape index (κ2) is 9.21. The number of sulfonamides is 1. The van der Waals surface area contributed by atoms with Crippen LogP contribution in [0.4, 0.5) is 5.69 Å². The van der Waals surface area contributed by atoms with Crippen LogP contribution in [-0.2, 0) is 14.8 Å². The average Bonchev–Trinajstić information content (AvgIpc) is 2.63. The summed E-state index contributed by atoms with van der Waals surface area (Å²) in [6.45, 7) is 5.36. The number of benzene rings is 2. The van der Waals surface area contributed by atoms with E-state index in [9.17, 15) is 13.2 Å². The minimum Gasteiger partial charge on any atom is -0.484 e. The molecule has 0 fully saturated rings. The highest BCUT2D eigenvalue weighted by atomic mass is 35.5. The topological polar surface area (TPSA) is 84.5 Å². The maximum Gasteiger partial charge on any atom is 0.262 e. The van der Waals surface area contributed by atoms with E-state index in [2.05, 4.69) is 10.0 Å². The van der Waals surface area contributed by atoms with Crippen molar-refractivity contribution in [1.29, 1.82) is 0 Å². The number of carbonyl (C=O) groups is 1. The van der Waals surface area contributed by atoms with Crippen LogP contribution < -0.4 is 14.8 Å². The summed E-state index contributed by atoms with van der Waals surface area (Å²) in [4.78, 5) is 12.2. The predicted octanol–water partition coefficient (Wildman–Crippen LogP) is 3.74. The standard InChI is InChI=1S/C19H23ClN2O4S/c1-4-14(3)22-27(24,25)17-9-7-16(8-10-17)26-12-19(23)21-18-11-15(20)6-5-13(18)2/h5-11,14,22H,4,12H2,1-3H3,(H,21,23)/t14-/m0/s1. The van der Waals surface area contributed by atoms with E-state index in [4.69, 9.17) is 16.3 Å². The van der Waals surface area contributed by atoms with Gasteiger partial charge in [0.15, 0.2) is 6.61 Å². The molecule has 0 aliphatic carbocycles. The number of halogens is 1. The van der Waals surface area contributed by atoms with Crippen LogP contribution in [0.2, 0.25) is 5.02 Å². The summed E-state index contributed by atoms with van der Waals surface area (Å²) in [6, 6.07) is 11.0. The van der Waals surface area contributed by atoms with Crippen LogP contribution in [0.5, 0.6) is 5.75 Å². The summed E-state index contributed by atoms with van der Waals surface area (Å²) >= 11 is 5.93. The first-order valence-corrected chi connectivity index (χ1v) is 10.4. The SMILES string of the molecule is CC[C@H](C)NS(=O)(=O)c1ccc(OCC(=O)Nc2cc(Cl)ccc2C)cc1. The van der Waals surface area contributed by atoms with Crippen molar-refractivity contribution in [1.82, 2.24) is 4.72 Å². The number of anilines is 1. The molecule has 6 nitrogen and oxygen atoms in total. The van der Waals surface area contributed by atoms with Crippen molar-refractivity contribution < 1.29 is 17.9 Å². The predicted molar refractivity (Wildman–Crippen MR) is 107 cm³/mol. The molecule has 0 bridgehead atoms. The number of nitrogens with one attached hydrogen (secondary N) is 2. The van der Waals surface area contributed by atoms with Gasteiger partial charge in [0.1, 0.15) is 5.75 Å². The summed E-state index contributed by atoms with van der Waals surface area (Å²) in [6.07, 6.45) is 0.696. The molecule has 0 saturated heterocycles. The fourth-order valence-corrected chi connectivity index (χ4v) is 3.69. The molecule has 2 aromatic carbocycles. The van der Waals surface area contributed by atoms with E-state index < -0.39 is 10.0 Å². The lowest BCUT2D eigenvalue weighted by Gasteiger charge is -2.13. The van der Waals surface area contributed by atoms with E-state index in [0.29, 0.717) is 22.9 Å². The average molecular weight is 411 g/mol. The normalized spacial score (nSPS) is 12.4. The highest BCUT2D eigenvalue weighted by molar-refractivity contribution is 7.89. The number of rotatable bonds is 8.